The molecule has 0 bridgehead atoms. The van der Waals surface area contributed by atoms with E-state index in [1.54, 1.807) is 30.3 Å². The van der Waals surface area contributed by atoms with E-state index in [1.165, 1.54) is 25.1 Å². The van der Waals surface area contributed by atoms with Gasteiger partial charge in [-0.15, -0.1) is 0 Å². The summed E-state index contributed by atoms with van der Waals surface area (Å²) in [6, 6.07) is 14.3. The Balaban J connectivity index is 1.78. The second-order valence-corrected chi connectivity index (χ2v) is 9.41. The summed E-state index contributed by atoms with van der Waals surface area (Å²) >= 11 is 0. The lowest BCUT2D eigenvalue weighted by atomic mass is 9.99. The third kappa shape index (κ3) is 6.53. The highest BCUT2D eigenvalue weighted by Gasteiger charge is 2.33. The van der Waals surface area contributed by atoms with Gasteiger partial charge >= 0.3 is 6.18 Å². The number of nitrogens with one attached hydrogen (secondary N) is 2. The topological polar surface area (TPSA) is 88.2 Å². The van der Waals surface area contributed by atoms with Crippen molar-refractivity contribution in [1.29, 1.82) is 0 Å². The van der Waals surface area contributed by atoms with Gasteiger partial charge in [0.1, 0.15) is 11.5 Å². The number of halogens is 4. The van der Waals surface area contributed by atoms with Gasteiger partial charge < -0.3 is 5.32 Å². The summed E-state index contributed by atoms with van der Waals surface area (Å²) in [5.74, 6) is -2.26. The second kappa shape index (κ2) is 9.80. The summed E-state index contributed by atoms with van der Waals surface area (Å²) in [6.07, 6.45) is -3.79. The molecule has 2 N–H and O–H groups in total. The lowest BCUT2D eigenvalue weighted by Crippen LogP contribution is -2.28. The van der Waals surface area contributed by atoms with Gasteiger partial charge in [-0.2, -0.15) is 13.2 Å². The van der Waals surface area contributed by atoms with E-state index >= 15 is 0 Å². The number of hydrogen-bond donors (Lipinski definition) is 2. The fourth-order valence-electron chi connectivity index (χ4n) is 3.17. The number of pyridine rings is 1. The number of benzene rings is 2. The van der Waals surface area contributed by atoms with Gasteiger partial charge in [0.15, 0.2) is 0 Å². The molecule has 0 saturated carbocycles. The van der Waals surface area contributed by atoms with E-state index in [1.807, 2.05) is 4.72 Å². The standard InChI is InChI=1S/C23H21F4N3O3S/c1-14(17-8-9-19(18(24)12-17)30-34(2,32)33)22(31)28-13-15-10-20(16-6-4-3-5-7-16)29-21(11-15)23(25,26)27/h3-12,14,30H,13H2,1-2H3,(H,28,31). The number of amides is 1. The first-order chi connectivity index (χ1) is 15.8. The van der Waals surface area contributed by atoms with Crippen LogP contribution in [0.3, 0.4) is 0 Å². The molecule has 6 nitrogen and oxygen atoms in total. The first-order valence-corrected chi connectivity index (χ1v) is 11.9. The molecule has 0 aliphatic rings. The van der Waals surface area contributed by atoms with Crippen LogP contribution in [-0.4, -0.2) is 25.6 Å². The number of nitrogens with zero attached hydrogens (tertiary/aromatic N) is 1. The summed E-state index contributed by atoms with van der Waals surface area (Å²) in [5.41, 5.74) is -0.270. The van der Waals surface area contributed by atoms with Crippen LogP contribution in [0.25, 0.3) is 11.3 Å². The molecule has 1 unspecified atom stereocenters. The van der Waals surface area contributed by atoms with Crippen LogP contribution < -0.4 is 10.0 Å². The van der Waals surface area contributed by atoms with E-state index in [-0.39, 0.29) is 29.1 Å². The summed E-state index contributed by atoms with van der Waals surface area (Å²) in [6.45, 7) is 1.29. The molecule has 0 spiro atoms. The average Bonchev–Trinajstić information content (AvgIpc) is 2.77. The Morgan fingerprint density at radius 2 is 1.74 bits per heavy atom. The minimum absolute atomic E-state index is 0.115. The highest BCUT2D eigenvalue weighted by atomic mass is 32.2. The molecular weight excluding hydrogens is 474 g/mol. The van der Waals surface area contributed by atoms with E-state index in [0.717, 1.165) is 18.4 Å². The fraction of sp³-hybridized carbons (Fsp3) is 0.217. The Bertz CT molecular complexity index is 1300. The molecule has 34 heavy (non-hydrogen) atoms. The van der Waals surface area contributed by atoms with Gasteiger partial charge in [-0.3, -0.25) is 9.52 Å². The highest BCUT2D eigenvalue weighted by molar-refractivity contribution is 7.92. The van der Waals surface area contributed by atoms with Crippen molar-refractivity contribution in [2.45, 2.75) is 25.6 Å². The zero-order valence-corrected chi connectivity index (χ0v) is 19.0. The number of carbonyl (C=O) groups is 1. The number of hydrogen-bond acceptors (Lipinski definition) is 4. The van der Waals surface area contributed by atoms with Gasteiger partial charge in [0.25, 0.3) is 0 Å². The largest absolute Gasteiger partial charge is 0.433 e. The van der Waals surface area contributed by atoms with Crippen LogP contribution in [0.5, 0.6) is 0 Å². The van der Waals surface area contributed by atoms with E-state index in [0.29, 0.717) is 5.56 Å². The normalized spacial score (nSPS) is 12.8. The van der Waals surface area contributed by atoms with Gasteiger partial charge in [-0.25, -0.2) is 17.8 Å². The molecule has 11 heteroatoms. The quantitative estimate of drug-likeness (QED) is 0.465. The molecule has 1 heterocycles. The number of rotatable bonds is 7. The van der Waals surface area contributed by atoms with Crippen molar-refractivity contribution in [3.05, 3.63) is 83.3 Å². The molecule has 180 valence electrons. The molecule has 0 radical (unpaired) electrons. The maximum Gasteiger partial charge on any atom is 0.433 e. The zero-order valence-electron chi connectivity index (χ0n) is 18.2. The van der Waals surface area contributed by atoms with Gasteiger partial charge in [-0.05, 0) is 42.3 Å². The maximum atomic E-state index is 14.2. The van der Waals surface area contributed by atoms with Crippen molar-refractivity contribution in [3.8, 4) is 11.3 Å². The van der Waals surface area contributed by atoms with E-state index < -0.39 is 39.5 Å². The first-order valence-electron chi connectivity index (χ1n) is 10.0. The fourth-order valence-corrected chi connectivity index (χ4v) is 3.73. The number of alkyl halides is 3. The molecule has 0 aliphatic heterocycles. The molecule has 0 aliphatic carbocycles. The molecule has 1 aromatic heterocycles. The van der Waals surface area contributed by atoms with Crippen molar-refractivity contribution in [2.24, 2.45) is 0 Å². The third-order valence-corrected chi connectivity index (χ3v) is 5.48. The number of anilines is 1. The summed E-state index contributed by atoms with van der Waals surface area (Å²) in [5, 5.41) is 2.56. The van der Waals surface area contributed by atoms with Crippen LogP contribution in [0.15, 0.2) is 60.7 Å². The maximum absolute atomic E-state index is 14.2. The van der Waals surface area contributed by atoms with Crippen molar-refractivity contribution >= 4 is 21.6 Å². The van der Waals surface area contributed by atoms with Gasteiger partial charge in [0.05, 0.1) is 23.6 Å². The highest BCUT2D eigenvalue weighted by Crippen LogP contribution is 2.31. The first kappa shape index (κ1) is 25.2. The monoisotopic (exact) mass is 495 g/mol. The van der Waals surface area contributed by atoms with E-state index in [9.17, 15) is 30.8 Å². The van der Waals surface area contributed by atoms with E-state index in [2.05, 4.69) is 10.3 Å². The SMILES string of the molecule is CC(C(=O)NCc1cc(-c2ccccc2)nc(C(F)(F)F)c1)c1ccc(NS(C)(=O)=O)c(F)c1. The van der Waals surface area contributed by atoms with E-state index in [4.69, 9.17) is 0 Å². The Labute approximate surface area is 194 Å². The predicted molar refractivity (Wildman–Crippen MR) is 120 cm³/mol. The predicted octanol–water partition coefficient (Wildman–Crippen LogP) is 4.70. The van der Waals surface area contributed by atoms with Crippen molar-refractivity contribution in [2.75, 3.05) is 11.0 Å². The number of carbonyl (C=O) groups excluding carboxylic acids is 1. The summed E-state index contributed by atoms with van der Waals surface area (Å²) in [4.78, 5) is 16.3. The van der Waals surface area contributed by atoms with Crippen LogP contribution >= 0.6 is 0 Å². The second-order valence-electron chi connectivity index (χ2n) is 7.66. The molecule has 3 rings (SSSR count). The zero-order chi connectivity index (χ0) is 25.1. The lowest BCUT2D eigenvalue weighted by Gasteiger charge is -2.15. The minimum Gasteiger partial charge on any atom is -0.352 e. The average molecular weight is 495 g/mol. The lowest BCUT2D eigenvalue weighted by molar-refractivity contribution is -0.141. The Morgan fingerprint density at radius 1 is 1.06 bits per heavy atom. The van der Waals surface area contributed by atoms with Crippen molar-refractivity contribution in [3.63, 3.8) is 0 Å². The van der Waals surface area contributed by atoms with Gasteiger partial charge in [-0.1, -0.05) is 36.4 Å². The Kier molecular flexibility index (Phi) is 7.25. The van der Waals surface area contributed by atoms with Crippen LogP contribution in [0.1, 0.15) is 29.7 Å². The smallest absolute Gasteiger partial charge is 0.352 e. The molecule has 1 atom stereocenters. The molecule has 0 fully saturated rings. The molecule has 1 amide bonds. The van der Waals surface area contributed by atoms with Crippen LogP contribution in [-0.2, 0) is 27.5 Å². The Hall–Kier alpha value is -3.47. The molecule has 3 aromatic rings. The third-order valence-electron chi connectivity index (χ3n) is 4.89. The number of sulfonamides is 1. The van der Waals surface area contributed by atoms with Crippen molar-refractivity contribution < 1.29 is 30.8 Å². The van der Waals surface area contributed by atoms with Gasteiger partial charge in [0, 0.05) is 12.1 Å². The minimum atomic E-state index is -4.67. The van der Waals surface area contributed by atoms with Crippen LogP contribution in [0.4, 0.5) is 23.2 Å². The van der Waals surface area contributed by atoms with Crippen LogP contribution in [0, 0.1) is 5.82 Å². The molecule has 0 saturated heterocycles. The van der Waals surface area contributed by atoms with Gasteiger partial charge in [0.2, 0.25) is 15.9 Å². The Morgan fingerprint density at radius 3 is 2.32 bits per heavy atom. The summed E-state index contributed by atoms with van der Waals surface area (Å²) < 4.78 is 78.9. The molecular formula is C23H21F4N3O3S. The summed E-state index contributed by atoms with van der Waals surface area (Å²) in [7, 11) is -3.68. The van der Waals surface area contributed by atoms with Crippen LogP contribution in [0.2, 0.25) is 0 Å². The number of aromatic nitrogens is 1. The van der Waals surface area contributed by atoms with Crippen molar-refractivity contribution in [1.82, 2.24) is 10.3 Å². The molecule has 2 aromatic carbocycles.